The number of rotatable bonds is 2. The normalized spacial score (nSPS) is 18.9. The van der Waals surface area contributed by atoms with Gasteiger partial charge < -0.3 is 10.6 Å². The number of fused-ring (bicyclic) bond motifs is 1. The monoisotopic (exact) mass is 361 g/mol. The molecule has 3 heterocycles. The van der Waals surface area contributed by atoms with Gasteiger partial charge in [-0.15, -0.1) is 0 Å². The summed E-state index contributed by atoms with van der Waals surface area (Å²) >= 11 is 0. The van der Waals surface area contributed by atoms with Crippen LogP contribution in [0.2, 0.25) is 0 Å². The maximum Gasteiger partial charge on any atom is 0.255 e. The number of anilines is 1. The maximum atomic E-state index is 12.7. The highest BCUT2D eigenvalue weighted by Crippen LogP contribution is 2.31. The van der Waals surface area contributed by atoms with E-state index < -0.39 is 11.9 Å². The number of nitrogens with zero attached hydrogens (tertiary/aromatic N) is 3. The number of nitrogens with one attached hydrogen (secondary N) is 1. The second-order valence-electron chi connectivity index (χ2n) is 6.51. The van der Waals surface area contributed by atoms with E-state index in [-0.39, 0.29) is 24.1 Å². The Morgan fingerprint density at radius 2 is 2.04 bits per heavy atom. The topological polar surface area (TPSA) is 129 Å². The van der Waals surface area contributed by atoms with Gasteiger partial charge >= 0.3 is 0 Å². The van der Waals surface area contributed by atoms with Crippen LogP contribution in [0.25, 0.3) is 11.3 Å². The van der Waals surface area contributed by atoms with Crippen LogP contribution in [0.4, 0.5) is 5.82 Å². The van der Waals surface area contributed by atoms with Crippen molar-refractivity contribution in [3.63, 3.8) is 0 Å². The largest absolute Gasteiger partial charge is 0.383 e. The molecule has 3 N–H and O–H groups in total. The van der Waals surface area contributed by atoms with Crippen LogP contribution >= 0.6 is 0 Å². The molecule has 27 heavy (non-hydrogen) atoms. The third kappa shape index (κ3) is 2.79. The summed E-state index contributed by atoms with van der Waals surface area (Å²) in [5.41, 5.74) is 8.77. The summed E-state index contributed by atoms with van der Waals surface area (Å²) < 4.78 is 0. The van der Waals surface area contributed by atoms with Crippen LogP contribution < -0.4 is 11.1 Å². The molecular formula is C19H15N5O3. The first-order valence-electron chi connectivity index (χ1n) is 8.42. The lowest BCUT2D eigenvalue weighted by Crippen LogP contribution is -2.52. The van der Waals surface area contributed by atoms with Crippen molar-refractivity contribution in [2.45, 2.75) is 25.4 Å². The number of benzene rings is 1. The van der Waals surface area contributed by atoms with Crippen LogP contribution in [0.3, 0.4) is 0 Å². The van der Waals surface area contributed by atoms with Crippen LogP contribution in [0, 0.1) is 11.3 Å². The Bertz CT molecular complexity index is 1040. The van der Waals surface area contributed by atoms with Gasteiger partial charge in [0.2, 0.25) is 11.8 Å². The minimum absolute atomic E-state index is 0.150. The quantitative estimate of drug-likeness (QED) is 0.767. The van der Waals surface area contributed by atoms with Gasteiger partial charge in [0.15, 0.2) is 0 Å². The predicted molar refractivity (Wildman–Crippen MR) is 94.8 cm³/mol. The van der Waals surface area contributed by atoms with Crippen LogP contribution in [-0.2, 0) is 16.1 Å². The first kappa shape index (κ1) is 16.7. The summed E-state index contributed by atoms with van der Waals surface area (Å²) in [4.78, 5) is 41.9. The smallest absolute Gasteiger partial charge is 0.255 e. The number of pyridine rings is 1. The number of nitrogen functional groups attached to an aromatic ring is 1. The number of nitrogens with two attached hydrogens (primary N) is 1. The third-order valence-corrected chi connectivity index (χ3v) is 4.86. The summed E-state index contributed by atoms with van der Waals surface area (Å²) in [5.74, 6) is -0.823. The zero-order chi connectivity index (χ0) is 19.1. The van der Waals surface area contributed by atoms with Crippen LogP contribution in [0.15, 0.2) is 30.3 Å². The highest BCUT2D eigenvalue weighted by Gasteiger charge is 2.39. The van der Waals surface area contributed by atoms with E-state index >= 15 is 0 Å². The first-order chi connectivity index (χ1) is 13.0. The fourth-order valence-corrected chi connectivity index (χ4v) is 3.46. The van der Waals surface area contributed by atoms with Crippen molar-refractivity contribution in [1.82, 2.24) is 15.2 Å². The fraction of sp³-hybridized carbons (Fsp3) is 0.211. The Labute approximate surface area is 154 Å². The highest BCUT2D eigenvalue weighted by molar-refractivity contribution is 6.05. The molecule has 1 aromatic heterocycles. The molecule has 8 nitrogen and oxygen atoms in total. The molecule has 0 radical (unpaired) electrons. The molecule has 0 aliphatic carbocycles. The highest BCUT2D eigenvalue weighted by atomic mass is 16.2. The molecule has 0 bridgehead atoms. The second-order valence-corrected chi connectivity index (χ2v) is 6.51. The van der Waals surface area contributed by atoms with Gasteiger partial charge in [-0.25, -0.2) is 4.98 Å². The van der Waals surface area contributed by atoms with Gasteiger partial charge in [0.05, 0.1) is 11.3 Å². The van der Waals surface area contributed by atoms with Crippen molar-refractivity contribution >= 4 is 23.5 Å². The molecule has 0 spiro atoms. The van der Waals surface area contributed by atoms with Gasteiger partial charge in [0.1, 0.15) is 17.9 Å². The minimum Gasteiger partial charge on any atom is -0.383 e. The number of imide groups is 1. The Morgan fingerprint density at radius 1 is 1.22 bits per heavy atom. The van der Waals surface area contributed by atoms with E-state index in [1.165, 1.54) is 4.90 Å². The number of aromatic nitrogens is 1. The van der Waals surface area contributed by atoms with E-state index in [2.05, 4.69) is 10.3 Å². The molecule has 8 heteroatoms. The van der Waals surface area contributed by atoms with Gasteiger partial charge in [-0.2, -0.15) is 5.26 Å². The SMILES string of the molecule is N#Cc1ccc(-c2ccc3c(c2)CN(C2CCC(=O)NC2=O)C3=O)nc1N. The van der Waals surface area contributed by atoms with Crippen molar-refractivity contribution in [3.05, 3.63) is 47.0 Å². The molecule has 1 unspecified atom stereocenters. The lowest BCUT2D eigenvalue weighted by molar-refractivity contribution is -0.136. The van der Waals surface area contributed by atoms with Gasteiger partial charge in [-0.3, -0.25) is 19.7 Å². The number of nitriles is 1. The summed E-state index contributed by atoms with van der Waals surface area (Å²) in [6.07, 6.45) is 0.543. The molecule has 1 fully saturated rings. The van der Waals surface area contributed by atoms with Crippen molar-refractivity contribution in [3.8, 4) is 17.3 Å². The number of amides is 3. The lowest BCUT2D eigenvalue weighted by atomic mass is 10.0. The number of piperidine rings is 1. The van der Waals surface area contributed by atoms with Gasteiger partial charge in [0.25, 0.3) is 5.91 Å². The molecule has 1 atom stereocenters. The van der Waals surface area contributed by atoms with Gasteiger partial charge in [0, 0.05) is 24.1 Å². The van der Waals surface area contributed by atoms with E-state index in [9.17, 15) is 14.4 Å². The Balaban J connectivity index is 1.63. The number of carbonyl (C=O) groups is 3. The summed E-state index contributed by atoms with van der Waals surface area (Å²) in [5, 5.41) is 11.2. The Kier molecular flexibility index (Phi) is 3.85. The second kappa shape index (κ2) is 6.21. The summed E-state index contributed by atoms with van der Waals surface area (Å²) in [6.45, 7) is 0.292. The Morgan fingerprint density at radius 3 is 2.74 bits per heavy atom. The molecule has 2 aromatic rings. The van der Waals surface area contributed by atoms with E-state index in [0.29, 0.717) is 29.8 Å². The molecule has 1 aromatic carbocycles. The molecule has 134 valence electrons. The van der Waals surface area contributed by atoms with Gasteiger partial charge in [-0.05, 0) is 36.2 Å². The number of carbonyl (C=O) groups excluding carboxylic acids is 3. The minimum atomic E-state index is -0.644. The van der Waals surface area contributed by atoms with Crippen molar-refractivity contribution < 1.29 is 14.4 Å². The molecule has 2 aliphatic heterocycles. The standard InChI is InChI=1S/C19H15N5O3/c20-8-11-2-4-14(22-17(11)21)10-1-3-13-12(7-10)9-24(19(13)27)15-5-6-16(25)23-18(15)26/h1-4,7,15H,5-6,9H2,(H2,21,22)(H,23,25,26). The van der Waals surface area contributed by atoms with Crippen LogP contribution in [0.1, 0.15) is 34.3 Å². The van der Waals surface area contributed by atoms with E-state index in [4.69, 9.17) is 11.0 Å². The van der Waals surface area contributed by atoms with Crippen molar-refractivity contribution in [1.29, 1.82) is 5.26 Å². The van der Waals surface area contributed by atoms with E-state index in [0.717, 1.165) is 11.1 Å². The fourth-order valence-electron chi connectivity index (χ4n) is 3.46. The lowest BCUT2D eigenvalue weighted by Gasteiger charge is -2.29. The molecule has 1 saturated heterocycles. The number of hydrogen-bond donors (Lipinski definition) is 2. The van der Waals surface area contributed by atoms with Crippen LogP contribution in [-0.4, -0.2) is 33.6 Å². The maximum absolute atomic E-state index is 12.7. The van der Waals surface area contributed by atoms with Crippen LogP contribution in [0.5, 0.6) is 0 Å². The molecule has 4 rings (SSSR count). The zero-order valence-electron chi connectivity index (χ0n) is 14.2. The molecule has 3 amide bonds. The van der Waals surface area contributed by atoms with E-state index in [1.807, 2.05) is 12.1 Å². The van der Waals surface area contributed by atoms with Crippen molar-refractivity contribution in [2.24, 2.45) is 0 Å². The first-order valence-corrected chi connectivity index (χ1v) is 8.42. The predicted octanol–water partition coefficient (Wildman–Crippen LogP) is 0.963. The third-order valence-electron chi connectivity index (χ3n) is 4.86. The molecule has 0 saturated carbocycles. The summed E-state index contributed by atoms with van der Waals surface area (Å²) in [7, 11) is 0. The molecule has 2 aliphatic rings. The number of hydrogen-bond acceptors (Lipinski definition) is 6. The van der Waals surface area contributed by atoms with E-state index in [1.54, 1.807) is 24.3 Å². The average molecular weight is 361 g/mol. The van der Waals surface area contributed by atoms with Gasteiger partial charge in [-0.1, -0.05) is 6.07 Å². The van der Waals surface area contributed by atoms with Crippen molar-refractivity contribution in [2.75, 3.05) is 5.73 Å². The zero-order valence-corrected chi connectivity index (χ0v) is 14.2. The summed E-state index contributed by atoms with van der Waals surface area (Å²) in [6, 6.07) is 9.94. The average Bonchev–Trinajstić information content (AvgIpc) is 2.97. The Hall–Kier alpha value is -3.73. The molecular weight excluding hydrogens is 346 g/mol.